The van der Waals surface area contributed by atoms with Crippen LogP contribution in [0.4, 0.5) is 4.39 Å². The Kier molecular flexibility index (Phi) is 5.19. The zero-order chi connectivity index (χ0) is 13.0. The van der Waals surface area contributed by atoms with E-state index in [1.807, 2.05) is 6.07 Å². The number of benzene rings is 1. The van der Waals surface area contributed by atoms with Crippen LogP contribution in [0, 0.1) is 11.7 Å². The number of rotatable bonds is 7. The molecule has 1 unspecified atom stereocenters. The summed E-state index contributed by atoms with van der Waals surface area (Å²) in [6, 6.07) is 5.37. The van der Waals surface area contributed by atoms with E-state index in [4.69, 9.17) is 0 Å². The van der Waals surface area contributed by atoms with E-state index in [0.717, 1.165) is 35.3 Å². The first-order chi connectivity index (χ1) is 8.72. The Morgan fingerprint density at radius 1 is 1.44 bits per heavy atom. The van der Waals surface area contributed by atoms with Crippen molar-refractivity contribution >= 4 is 15.9 Å². The van der Waals surface area contributed by atoms with Crippen LogP contribution in [-0.4, -0.2) is 6.54 Å². The number of hydrogen-bond acceptors (Lipinski definition) is 1. The molecule has 2 rings (SSSR count). The van der Waals surface area contributed by atoms with Crippen molar-refractivity contribution in [2.75, 3.05) is 6.54 Å². The third kappa shape index (κ3) is 3.79. The van der Waals surface area contributed by atoms with Crippen molar-refractivity contribution in [3.63, 3.8) is 0 Å². The topological polar surface area (TPSA) is 12.0 Å². The van der Waals surface area contributed by atoms with Crippen LogP contribution in [0.3, 0.4) is 0 Å². The van der Waals surface area contributed by atoms with Gasteiger partial charge in [0.2, 0.25) is 0 Å². The summed E-state index contributed by atoms with van der Waals surface area (Å²) in [5.74, 6) is 0.787. The van der Waals surface area contributed by atoms with Crippen LogP contribution in [-0.2, 0) is 0 Å². The van der Waals surface area contributed by atoms with E-state index in [0.29, 0.717) is 0 Å². The van der Waals surface area contributed by atoms with Crippen molar-refractivity contribution in [3.8, 4) is 0 Å². The van der Waals surface area contributed by atoms with Gasteiger partial charge in [-0.25, -0.2) is 4.39 Å². The standard InChI is InChI=1S/C15H21BrFN/c1-2-10-18-14(9-8-11-6-7-11)15-12(16)4-3-5-13(15)17/h3-5,11,14,18H,2,6-10H2,1H3. The molecule has 0 aromatic heterocycles. The zero-order valence-electron chi connectivity index (χ0n) is 10.9. The van der Waals surface area contributed by atoms with E-state index in [-0.39, 0.29) is 11.9 Å². The van der Waals surface area contributed by atoms with Crippen LogP contribution in [0.25, 0.3) is 0 Å². The summed E-state index contributed by atoms with van der Waals surface area (Å²) in [5, 5.41) is 3.48. The van der Waals surface area contributed by atoms with E-state index in [1.165, 1.54) is 19.3 Å². The highest BCUT2D eigenvalue weighted by molar-refractivity contribution is 9.10. The Bertz CT molecular complexity index is 370. The molecule has 1 aliphatic rings. The lowest BCUT2D eigenvalue weighted by molar-refractivity contribution is 0.449. The first kappa shape index (κ1) is 14.0. The van der Waals surface area contributed by atoms with Crippen molar-refractivity contribution in [2.45, 2.75) is 45.1 Å². The predicted octanol–water partition coefficient (Wildman–Crippen LogP) is 4.82. The lowest BCUT2D eigenvalue weighted by atomic mass is 9.99. The molecular formula is C15H21BrFN. The molecule has 0 saturated heterocycles. The summed E-state index contributed by atoms with van der Waals surface area (Å²) in [6.07, 6.45) is 6.04. The number of nitrogens with one attached hydrogen (secondary N) is 1. The maximum atomic E-state index is 14.0. The molecule has 100 valence electrons. The summed E-state index contributed by atoms with van der Waals surface area (Å²) in [4.78, 5) is 0. The van der Waals surface area contributed by atoms with E-state index < -0.39 is 0 Å². The molecule has 0 heterocycles. The molecule has 0 bridgehead atoms. The fourth-order valence-electron chi connectivity index (χ4n) is 2.32. The second-order valence-corrected chi connectivity index (χ2v) is 6.02. The van der Waals surface area contributed by atoms with Gasteiger partial charge in [0.25, 0.3) is 0 Å². The van der Waals surface area contributed by atoms with Gasteiger partial charge in [-0.15, -0.1) is 0 Å². The molecule has 0 aliphatic heterocycles. The van der Waals surface area contributed by atoms with Gasteiger partial charge in [0.15, 0.2) is 0 Å². The molecule has 1 aromatic carbocycles. The van der Waals surface area contributed by atoms with Crippen molar-refractivity contribution < 1.29 is 4.39 Å². The quantitative estimate of drug-likeness (QED) is 0.761. The number of halogens is 2. The molecule has 1 aromatic rings. The van der Waals surface area contributed by atoms with Gasteiger partial charge >= 0.3 is 0 Å². The maximum absolute atomic E-state index is 14.0. The molecule has 0 spiro atoms. The lowest BCUT2D eigenvalue weighted by Crippen LogP contribution is -2.23. The minimum Gasteiger partial charge on any atom is -0.310 e. The summed E-state index contributed by atoms with van der Waals surface area (Å²) >= 11 is 3.48. The molecule has 1 nitrogen and oxygen atoms in total. The summed E-state index contributed by atoms with van der Waals surface area (Å²) in [5.41, 5.74) is 0.798. The molecule has 1 fully saturated rings. The zero-order valence-corrected chi connectivity index (χ0v) is 12.5. The van der Waals surface area contributed by atoms with Crippen LogP contribution >= 0.6 is 15.9 Å². The van der Waals surface area contributed by atoms with Crippen molar-refractivity contribution in [1.82, 2.24) is 5.32 Å². The van der Waals surface area contributed by atoms with Crippen LogP contribution in [0.1, 0.15) is 50.6 Å². The van der Waals surface area contributed by atoms with Crippen molar-refractivity contribution in [3.05, 3.63) is 34.1 Å². The second kappa shape index (κ2) is 6.67. The van der Waals surface area contributed by atoms with Gasteiger partial charge in [-0.2, -0.15) is 0 Å². The summed E-state index contributed by atoms with van der Waals surface area (Å²) in [7, 11) is 0. The largest absolute Gasteiger partial charge is 0.310 e. The SMILES string of the molecule is CCCNC(CCC1CC1)c1c(F)cccc1Br. The Balaban J connectivity index is 2.09. The molecule has 18 heavy (non-hydrogen) atoms. The Hall–Kier alpha value is -0.410. The van der Waals surface area contributed by atoms with Crippen LogP contribution in [0.5, 0.6) is 0 Å². The normalized spacial score (nSPS) is 16.8. The predicted molar refractivity (Wildman–Crippen MR) is 77.1 cm³/mol. The summed E-state index contributed by atoms with van der Waals surface area (Å²) < 4.78 is 14.9. The first-order valence-electron chi connectivity index (χ1n) is 6.89. The molecular weight excluding hydrogens is 293 g/mol. The minimum atomic E-state index is -0.103. The van der Waals surface area contributed by atoms with Gasteiger partial charge in [-0.3, -0.25) is 0 Å². The first-order valence-corrected chi connectivity index (χ1v) is 7.69. The van der Waals surface area contributed by atoms with E-state index in [2.05, 4.69) is 28.2 Å². The highest BCUT2D eigenvalue weighted by Gasteiger charge is 2.24. The lowest BCUT2D eigenvalue weighted by Gasteiger charge is -2.21. The van der Waals surface area contributed by atoms with Gasteiger partial charge in [0.1, 0.15) is 5.82 Å². The fourth-order valence-corrected chi connectivity index (χ4v) is 2.94. The average Bonchev–Trinajstić information content (AvgIpc) is 3.15. The van der Waals surface area contributed by atoms with Gasteiger partial charge < -0.3 is 5.32 Å². The van der Waals surface area contributed by atoms with E-state index in [9.17, 15) is 4.39 Å². The molecule has 1 aliphatic carbocycles. The van der Waals surface area contributed by atoms with Crippen LogP contribution in [0.2, 0.25) is 0 Å². The number of hydrogen-bond donors (Lipinski definition) is 1. The van der Waals surface area contributed by atoms with E-state index >= 15 is 0 Å². The van der Waals surface area contributed by atoms with Gasteiger partial charge in [-0.05, 0) is 43.9 Å². The highest BCUT2D eigenvalue weighted by Crippen LogP contribution is 2.37. The Labute approximate surface area is 117 Å². The smallest absolute Gasteiger partial charge is 0.129 e. The minimum absolute atomic E-state index is 0.103. The molecule has 0 amide bonds. The third-order valence-corrected chi connectivity index (χ3v) is 4.24. The van der Waals surface area contributed by atoms with Gasteiger partial charge in [0.05, 0.1) is 0 Å². The highest BCUT2D eigenvalue weighted by atomic mass is 79.9. The van der Waals surface area contributed by atoms with E-state index in [1.54, 1.807) is 12.1 Å². The van der Waals surface area contributed by atoms with Gasteiger partial charge in [0, 0.05) is 16.1 Å². The second-order valence-electron chi connectivity index (χ2n) is 5.16. The third-order valence-electron chi connectivity index (χ3n) is 3.55. The van der Waals surface area contributed by atoms with Crippen molar-refractivity contribution in [2.24, 2.45) is 5.92 Å². The molecule has 0 radical (unpaired) electrons. The molecule has 1 N–H and O–H groups in total. The molecule has 3 heteroatoms. The Morgan fingerprint density at radius 3 is 2.83 bits per heavy atom. The molecule has 1 saturated carbocycles. The fraction of sp³-hybridized carbons (Fsp3) is 0.600. The Morgan fingerprint density at radius 2 is 2.22 bits per heavy atom. The van der Waals surface area contributed by atoms with Crippen LogP contribution < -0.4 is 5.32 Å². The maximum Gasteiger partial charge on any atom is 0.129 e. The summed E-state index contributed by atoms with van der Waals surface area (Å²) in [6.45, 7) is 3.08. The average molecular weight is 314 g/mol. The monoisotopic (exact) mass is 313 g/mol. The van der Waals surface area contributed by atoms with Gasteiger partial charge in [-0.1, -0.05) is 41.8 Å². The molecule has 1 atom stereocenters. The van der Waals surface area contributed by atoms with Crippen molar-refractivity contribution in [1.29, 1.82) is 0 Å². The van der Waals surface area contributed by atoms with Crippen LogP contribution in [0.15, 0.2) is 22.7 Å².